The van der Waals surface area contributed by atoms with Crippen LogP contribution in [0, 0.1) is 0 Å². The summed E-state index contributed by atoms with van der Waals surface area (Å²) in [5.41, 5.74) is 0.972. The third kappa shape index (κ3) is 2.70. The van der Waals surface area contributed by atoms with Gasteiger partial charge in [0.25, 0.3) is 0 Å². The molecule has 0 heterocycles. The molecule has 1 aromatic carbocycles. The predicted molar refractivity (Wildman–Crippen MR) is 54.7 cm³/mol. The molecule has 0 fully saturated rings. The van der Waals surface area contributed by atoms with E-state index in [9.17, 15) is 15.0 Å². The number of rotatable bonds is 4. The number of aliphatic hydroxyl groups excluding tert-OH is 1. The maximum Gasteiger partial charge on any atom is 0.163 e. The van der Waals surface area contributed by atoms with Gasteiger partial charge < -0.3 is 20.1 Å². The first kappa shape index (κ1) is 11.5. The molecule has 4 nitrogen and oxygen atoms in total. The monoisotopic (exact) mass is 210 g/mol. The molecule has 0 aromatic heterocycles. The van der Waals surface area contributed by atoms with E-state index in [0.717, 1.165) is 0 Å². The molecule has 0 unspecified atom stereocenters. The Bertz CT molecular complexity index is 371. The van der Waals surface area contributed by atoms with Crippen LogP contribution in [0.3, 0.4) is 0 Å². The fourth-order valence-corrected chi connectivity index (χ4v) is 1.39. The number of aliphatic hydroxyl groups is 1. The molecule has 0 aliphatic carbocycles. The van der Waals surface area contributed by atoms with Crippen LogP contribution >= 0.6 is 0 Å². The van der Waals surface area contributed by atoms with E-state index in [-0.39, 0.29) is 29.5 Å². The van der Waals surface area contributed by atoms with Gasteiger partial charge in [0.2, 0.25) is 0 Å². The lowest BCUT2D eigenvalue weighted by Crippen LogP contribution is -1.99. The zero-order valence-corrected chi connectivity index (χ0v) is 8.53. The highest BCUT2D eigenvalue weighted by atomic mass is 16.3. The molecule has 0 saturated carbocycles. The minimum absolute atomic E-state index is 0.0476. The molecule has 0 saturated heterocycles. The fraction of sp³-hybridized carbons (Fsp3) is 0.364. The van der Waals surface area contributed by atoms with E-state index in [0.29, 0.717) is 18.4 Å². The van der Waals surface area contributed by atoms with Crippen molar-refractivity contribution in [2.24, 2.45) is 0 Å². The Labute approximate surface area is 87.8 Å². The topological polar surface area (TPSA) is 77.8 Å². The van der Waals surface area contributed by atoms with Gasteiger partial charge in [0.1, 0.15) is 5.78 Å². The normalized spacial score (nSPS) is 10.3. The lowest BCUT2D eigenvalue weighted by Gasteiger charge is -2.09. The molecule has 0 amide bonds. The van der Waals surface area contributed by atoms with Crippen molar-refractivity contribution in [1.82, 2.24) is 0 Å². The van der Waals surface area contributed by atoms with E-state index in [4.69, 9.17) is 5.11 Å². The lowest BCUT2D eigenvalue weighted by atomic mass is 10.0. The summed E-state index contributed by atoms with van der Waals surface area (Å²) in [6.07, 6.45) is 0.816. The number of benzene rings is 1. The molecule has 0 aliphatic rings. The summed E-state index contributed by atoms with van der Waals surface area (Å²) in [6, 6.07) is 2.95. The molecule has 0 atom stereocenters. The zero-order valence-electron chi connectivity index (χ0n) is 8.53. The number of carbonyl (C=O) groups excluding carboxylic acids is 1. The number of aromatic hydroxyl groups is 2. The van der Waals surface area contributed by atoms with E-state index in [1.54, 1.807) is 6.07 Å². The molecule has 0 radical (unpaired) electrons. The van der Waals surface area contributed by atoms with Crippen molar-refractivity contribution in [1.29, 1.82) is 0 Å². The second-order valence-electron chi connectivity index (χ2n) is 3.43. The third-order valence-electron chi connectivity index (χ3n) is 2.26. The molecule has 82 valence electrons. The van der Waals surface area contributed by atoms with E-state index in [1.807, 2.05) is 0 Å². The van der Waals surface area contributed by atoms with Crippen LogP contribution in [0.2, 0.25) is 0 Å². The number of phenolic OH excluding ortho intramolecular Hbond substituents is 1. The van der Waals surface area contributed by atoms with E-state index < -0.39 is 0 Å². The van der Waals surface area contributed by atoms with Crippen LogP contribution in [0.4, 0.5) is 0 Å². The summed E-state index contributed by atoms with van der Waals surface area (Å²) in [7, 11) is 0. The van der Waals surface area contributed by atoms with Gasteiger partial charge in [0.05, 0.1) is 6.61 Å². The van der Waals surface area contributed by atoms with Crippen molar-refractivity contribution < 1.29 is 20.1 Å². The van der Waals surface area contributed by atoms with E-state index in [2.05, 4.69) is 0 Å². The minimum Gasteiger partial charge on any atom is -0.504 e. The van der Waals surface area contributed by atoms with Gasteiger partial charge in [-0.1, -0.05) is 6.07 Å². The quantitative estimate of drug-likeness (QED) is 0.650. The Morgan fingerprint density at radius 2 is 2.00 bits per heavy atom. The van der Waals surface area contributed by atoms with Crippen LogP contribution in [0.25, 0.3) is 0 Å². The summed E-state index contributed by atoms with van der Waals surface area (Å²) < 4.78 is 0. The molecular weight excluding hydrogens is 196 g/mol. The van der Waals surface area contributed by atoms with Crippen molar-refractivity contribution in [3.8, 4) is 11.5 Å². The Kier molecular flexibility index (Phi) is 3.68. The maximum atomic E-state index is 10.8. The van der Waals surface area contributed by atoms with Crippen molar-refractivity contribution in [3.63, 3.8) is 0 Å². The van der Waals surface area contributed by atoms with Gasteiger partial charge in [-0.15, -0.1) is 0 Å². The molecule has 1 rings (SSSR count). The molecule has 1 aromatic rings. The molecule has 3 N–H and O–H groups in total. The third-order valence-corrected chi connectivity index (χ3v) is 2.26. The number of ketones is 1. The highest BCUT2D eigenvalue weighted by Gasteiger charge is 2.11. The van der Waals surface area contributed by atoms with Crippen LogP contribution in [-0.2, 0) is 17.8 Å². The highest BCUT2D eigenvalue weighted by molar-refractivity contribution is 5.75. The second kappa shape index (κ2) is 4.79. The summed E-state index contributed by atoms with van der Waals surface area (Å²) in [6.45, 7) is 1.13. The van der Waals surface area contributed by atoms with Crippen LogP contribution < -0.4 is 0 Å². The van der Waals surface area contributed by atoms with Gasteiger partial charge in [-0.25, -0.2) is 0 Å². The van der Waals surface area contributed by atoms with E-state index >= 15 is 0 Å². The van der Waals surface area contributed by atoms with E-state index in [1.165, 1.54) is 13.0 Å². The Morgan fingerprint density at radius 3 is 2.53 bits per heavy atom. The Morgan fingerprint density at radius 1 is 1.33 bits per heavy atom. The second-order valence-corrected chi connectivity index (χ2v) is 3.43. The molecule has 0 spiro atoms. The van der Waals surface area contributed by atoms with Gasteiger partial charge in [-0.05, 0) is 25.0 Å². The number of hydrogen-bond donors (Lipinski definition) is 3. The van der Waals surface area contributed by atoms with Crippen LogP contribution in [0.15, 0.2) is 12.1 Å². The van der Waals surface area contributed by atoms with Crippen molar-refractivity contribution in [3.05, 3.63) is 23.3 Å². The van der Waals surface area contributed by atoms with Gasteiger partial charge >= 0.3 is 0 Å². The fourth-order valence-electron chi connectivity index (χ4n) is 1.39. The molecule has 15 heavy (non-hydrogen) atoms. The average Bonchev–Trinajstić information content (AvgIpc) is 2.19. The first-order chi connectivity index (χ1) is 7.06. The smallest absolute Gasteiger partial charge is 0.163 e. The highest BCUT2D eigenvalue weighted by Crippen LogP contribution is 2.31. The van der Waals surface area contributed by atoms with Crippen LogP contribution in [0.5, 0.6) is 11.5 Å². The van der Waals surface area contributed by atoms with Gasteiger partial charge in [0.15, 0.2) is 11.5 Å². The van der Waals surface area contributed by atoms with Crippen LogP contribution in [-0.4, -0.2) is 21.1 Å². The summed E-state index contributed by atoms with van der Waals surface area (Å²) in [4.78, 5) is 10.8. The summed E-state index contributed by atoms with van der Waals surface area (Å²) in [5.74, 6) is -0.518. The minimum atomic E-state index is -0.354. The SMILES string of the molecule is CC(=O)CCc1ccc(O)c(O)c1CO. The predicted octanol–water partition coefficient (Wildman–Crippen LogP) is 1.11. The number of Topliss-reactive ketones (excluding diaryl/α,β-unsaturated/α-hetero) is 1. The molecular formula is C11H14O4. The van der Waals surface area contributed by atoms with Crippen molar-refractivity contribution in [2.75, 3.05) is 0 Å². The first-order valence-electron chi connectivity index (χ1n) is 4.69. The van der Waals surface area contributed by atoms with Crippen LogP contribution in [0.1, 0.15) is 24.5 Å². The van der Waals surface area contributed by atoms with Gasteiger partial charge in [-0.3, -0.25) is 0 Å². The molecule has 0 bridgehead atoms. The average molecular weight is 210 g/mol. The first-order valence-corrected chi connectivity index (χ1v) is 4.69. The molecule has 0 aliphatic heterocycles. The standard InChI is InChI=1S/C11H14O4/c1-7(13)2-3-8-4-5-10(14)11(15)9(8)6-12/h4-5,12,14-15H,2-3,6H2,1H3. The number of phenols is 2. The molecule has 4 heteroatoms. The number of hydrogen-bond acceptors (Lipinski definition) is 4. The largest absolute Gasteiger partial charge is 0.504 e. The van der Waals surface area contributed by atoms with Crippen molar-refractivity contribution in [2.45, 2.75) is 26.4 Å². The zero-order chi connectivity index (χ0) is 11.4. The maximum absolute atomic E-state index is 10.8. The van der Waals surface area contributed by atoms with Crippen molar-refractivity contribution >= 4 is 5.78 Å². The van der Waals surface area contributed by atoms with Gasteiger partial charge in [0, 0.05) is 12.0 Å². The summed E-state index contributed by atoms with van der Waals surface area (Å²) in [5, 5.41) is 27.7. The summed E-state index contributed by atoms with van der Waals surface area (Å²) >= 11 is 0. The Hall–Kier alpha value is -1.55. The Balaban J connectivity index is 2.97. The van der Waals surface area contributed by atoms with Gasteiger partial charge in [-0.2, -0.15) is 0 Å². The number of aryl methyl sites for hydroxylation is 1. The lowest BCUT2D eigenvalue weighted by molar-refractivity contribution is -0.116. The number of carbonyl (C=O) groups is 1.